The lowest BCUT2D eigenvalue weighted by molar-refractivity contribution is 0.0734. The van der Waals surface area contributed by atoms with Gasteiger partial charge in [0.25, 0.3) is 0 Å². The summed E-state index contributed by atoms with van der Waals surface area (Å²) in [6.07, 6.45) is 18.6. The second-order valence-electron chi connectivity index (χ2n) is 11.1. The molecule has 0 spiro atoms. The second-order valence-corrected chi connectivity index (χ2v) is 11.1. The fraction of sp³-hybridized carbons (Fsp3) is 0.486. The van der Waals surface area contributed by atoms with Crippen LogP contribution in [0, 0.1) is 0 Å². The van der Waals surface area contributed by atoms with Crippen molar-refractivity contribution in [2.45, 2.75) is 104 Å². The van der Waals surface area contributed by atoms with E-state index in [2.05, 4.69) is 17.2 Å². The quantitative estimate of drug-likeness (QED) is 0.0535. The van der Waals surface area contributed by atoms with E-state index in [0.29, 0.717) is 24.5 Å². The fourth-order valence-electron chi connectivity index (χ4n) is 4.88. The molecule has 7 heteroatoms. The predicted octanol–water partition coefficient (Wildman–Crippen LogP) is 11.3. The third kappa shape index (κ3) is 13.6. The minimum absolute atomic E-state index is 0.141. The van der Waals surface area contributed by atoms with Crippen LogP contribution in [0.1, 0.15) is 114 Å². The van der Waals surface area contributed by atoms with Gasteiger partial charge in [-0.15, -0.1) is 5.11 Å². The first kappa shape index (κ1) is 34.6. The van der Waals surface area contributed by atoms with Crippen molar-refractivity contribution < 1.29 is 24.1 Å². The zero-order chi connectivity index (χ0) is 31.2. The predicted molar refractivity (Wildman–Crippen MR) is 177 cm³/mol. The third-order valence-electron chi connectivity index (χ3n) is 7.43. The molecule has 0 aromatic heterocycles. The van der Waals surface area contributed by atoms with Crippen LogP contribution >= 0.6 is 0 Å². The summed E-state index contributed by atoms with van der Waals surface area (Å²) in [5.41, 5.74) is 1.28. The number of phenolic OH excluding ortho intramolecular Hbond substituents is 1. The lowest BCUT2D eigenvalue weighted by Gasteiger charge is -2.08. The number of nitrogens with zero attached hydrogens (tertiary/aromatic N) is 2. The molecule has 3 aromatic rings. The summed E-state index contributed by atoms with van der Waals surface area (Å²) < 4.78 is 16.7. The lowest BCUT2D eigenvalue weighted by Crippen LogP contribution is -2.08. The molecule has 0 saturated carbocycles. The number of phenols is 1. The third-order valence-corrected chi connectivity index (χ3v) is 7.43. The Labute approximate surface area is 263 Å². The summed E-state index contributed by atoms with van der Waals surface area (Å²) in [5.74, 6) is 1.04. The number of unbranched alkanes of at least 4 members (excludes halogenated alkanes) is 13. The van der Waals surface area contributed by atoms with Gasteiger partial charge in [0.1, 0.15) is 28.7 Å². The van der Waals surface area contributed by atoms with Crippen LogP contribution in [0.2, 0.25) is 0 Å². The summed E-state index contributed by atoms with van der Waals surface area (Å²) in [4.78, 5) is 12.6. The van der Waals surface area contributed by atoms with Crippen molar-refractivity contribution in [3.63, 3.8) is 0 Å². The van der Waals surface area contributed by atoms with Crippen LogP contribution in [0.4, 0.5) is 11.4 Å². The number of rotatable bonds is 22. The van der Waals surface area contributed by atoms with Crippen LogP contribution < -0.4 is 14.2 Å². The maximum atomic E-state index is 12.6. The van der Waals surface area contributed by atoms with E-state index in [1.165, 1.54) is 89.5 Å². The first-order valence-corrected chi connectivity index (χ1v) is 16.5. The minimum Gasteiger partial charge on any atom is -0.505 e. The van der Waals surface area contributed by atoms with E-state index in [1.54, 1.807) is 60.7 Å². The van der Waals surface area contributed by atoms with E-state index in [4.69, 9.17) is 14.2 Å². The highest BCUT2D eigenvalue weighted by molar-refractivity contribution is 5.91. The minimum atomic E-state index is -0.522. The Morgan fingerprint density at radius 3 is 1.70 bits per heavy atom. The van der Waals surface area contributed by atoms with Gasteiger partial charge in [0.05, 0.1) is 24.5 Å². The van der Waals surface area contributed by atoms with Crippen molar-refractivity contribution >= 4 is 17.3 Å². The van der Waals surface area contributed by atoms with E-state index in [0.717, 1.165) is 17.9 Å². The van der Waals surface area contributed by atoms with Crippen molar-refractivity contribution in [1.29, 1.82) is 0 Å². The Kier molecular flexibility index (Phi) is 16.5. The van der Waals surface area contributed by atoms with Crippen molar-refractivity contribution in [3.8, 4) is 23.0 Å². The van der Waals surface area contributed by atoms with Crippen molar-refractivity contribution in [2.75, 3.05) is 13.2 Å². The average Bonchev–Trinajstić information content (AvgIpc) is 3.03. The summed E-state index contributed by atoms with van der Waals surface area (Å²) in [6.45, 7) is 5.45. The van der Waals surface area contributed by atoms with Gasteiger partial charge >= 0.3 is 5.97 Å². The number of azo groups is 1. The van der Waals surface area contributed by atoms with Gasteiger partial charge in [-0.1, -0.05) is 90.4 Å². The highest BCUT2D eigenvalue weighted by Crippen LogP contribution is 2.32. The van der Waals surface area contributed by atoms with Gasteiger partial charge in [-0.25, -0.2) is 4.79 Å². The van der Waals surface area contributed by atoms with Gasteiger partial charge in [0, 0.05) is 6.07 Å². The van der Waals surface area contributed by atoms with E-state index < -0.39 is 5.97 Å². The maximum Gasteiger partial charge on any atom is 0.343 e. The zero-order valence-corrected chi connectivity index (χ0v) is 26.6. The number of carbonyl (C=O) groups excluding carboxylic acids is 1. The van der Waals surface area contributed by atoms with Crippen LogP contribution in [0.25, 0.3) is 0 Å². The van der Waals surface area contributed by atoms with Gasteiger partial charge in [0.15, 0.2) is 0 Å². The van der Waals surface area contributed by atoms with Gasteiger partial charge < -0.3 is 19.3 Å². The van der Waals surface area contributed by atoms with Crippen LogP contribution in [-0.2, 0) is 0 Å². The van der Waals surface area contributed by atoms with E-state index in [-0.39, 0.29) is 17.2 Å². The first-order chi connectivity index (χ1) is 21.6. The number of hydrogen-bond donors (Lipinski definition) is 1. The molecule has 0 atom stereocenters. The Balaban J connectivity index is 1.28. The molecule has 0 aliphatic rings. The Morgan fingerprint density at radius 1 is 0.614 bits per heavy atom. The Hall–Kier alpha value is -3.87. The van der Waals surface area contributed by atoms with Crippen LogP contribution in [-0.4, -0.2) is 24.3 Å². The molecule has 0 saturated heterocycles. The van der Waals surface area contributed by atoms with Gasteiger partial charge in [0.2, 0.25) is 0 Å². The summed E-state index contributed by atoms with van der Waals surface area (Å²) >= 11 is 0. The normalized spacial score (nSPS) is 11.1. The summed E-state index contributed by atoms with van der Waals surface area (Å²) in [7, 11) is 0. The highest BCUT2D eigenvalue weighted by atomic mass is 16.5. The van der Waals surface area contributed by atoms with E-state index >= 15 is 0 Å². The standard InChI is InChI=1S/C37H50N2O5/c1-3-5-6-7-8-9-10-11-12-13-14-15-16-17-28-43-33-22-18-30(19-23-33)37(41)44-34-26-27-35(36(40)29-34)39-38-31-20-24-32(25-21-31)42-4-2/h18-27,29,40H,3-17,28H2,1-2H3. The fourth-order valence-corrected chi connectivity index (χ4v) is 4.88. The van der Waals surface area contributed by atoms with Crippen LogP contribution in [0.3, 0.4) is 0 Å². The molecule has 0 amide bonds. The Bertz CT molecular complexity index is 1240. The first-order valence-electron chi connectivity index (χ1n) is 16.5. The number of esters is 1. The molecule has 44 heavy (non-hydrogen) atoms. The Morgan fingerprint density at radius 2 is 1.14 bits per heavy atom. The van der Waals surface area contributed by atoms with Gasteiger partial charge in [-0.05, 0) is 74.0 Å². The molecule has 3 rings (SSSR count). The molecule has 7 nitrogen and oxygen atoms in total. The molecular weight excluding hydrogens is 552 g/mol. The van der Waals surface area contributed by atoms with Crippen molar-refractivity contribution in [2.24, 2.45) is 10.2 Å². The lowest BCUT2D eigenvalue weighted by atomic mass is 10.0. The van der Waals surface area contributed by atoms with Crippen molar-refractivity contribution in [1.82, 2.24) is 0 Å². The van der Waals surface area contributed by atoms with Crippen LogP contribution in [0.15, 0.2) is 77.0 Å². The molecule has 0 heterocycles. The molecule has 0 unspecified atom stereocenters. The zero-order valence-electron chi connectivity index (χ0n) is 26.6. The molecule has 0 aliphatic carbocycles. The van der Waals surface area contributed by atoms with Crippen molar-refractivity contribution in [3.05, 3.63) is 72.3 Å². The SMILES string of the molecule is CCCCCCCCCCCCCCCCOc1ccc(C(=O)Oc2ccc(N=Nc3ccc(OCC)cc3)c(O)c2)cc1. The molecule has 0 bridgehead atoms. The maximum absolute atomic E-state index is 12.6. The number of hydrogen-bond acceptors (Lipinski definition) is 7. The van der Waals surface area contributed by atoms with Gasteiger partial charge in [-0.2, -0.15) is 5.11 Å². The number of carbonyl (C=O) groups is 1. The molecule has 1 N–H and O–H groups in total. The topological polar surface area (TPSA) is 89.7 Å². The molecule has 3 aromatic carbocycles. The number of ether oxygens (including phenoxy) is 3. The molecule has 0 aliphatic heterocycles. The second kappa shape index (κ2) is 20.9. The molecule has 0 radical (unpaired) electrons. The molecular formula is C37H50N2O5. The van der Waals surface area contributed by atoms with E-state index in [1.807, 2.05) is 6.92 Å². The monoisotopic (exact) mass is 602 g/mol. The van der Waals surface area contributed by atoms with E-state index in [9.17, 15) is 9.90 Å². The molecule has 0 fully saturated rings. The average molecular weight is 603 g/mol. The molecule has 238 valence electrons. The number of aromatic hydroxyl groups is 1. The summed E-state index contributed by atoms with van der Waals surface area (Å²) in [5, 5.41) is 18.6. The largest absolute Gasteiger partial charge is 0.505 e. The van der Waals surface area contributed by atoms with Crippen LogP contribution in [0.5, 0.6) is 23.0 Å². The van der Waals surface area contributed by atoms with Gasteiger partial charge in [-0.3, -0.25) is 0 Å². The smallest absolute Gasteiger partial charge is 0.343 e. The summed E-state index contributed by atoms with van der Waals surface area (Å²) in [6, 6.07) is 18.5. The highest BCUT2D eigenvalue weighted by Gasteiger charge is 2.11. The number of benzene rings is 3.